The number of amides is 1. The van der Waals surface area contributed by atoms with E-state index in [2.05, 4.69) is 20.3 Å². The summed E-state index contributed by atoms with van der Waals surface area (Å²) in [6.07, 6.45) is 4.64. The van der Waals surface area contributed by atoms with Gasteiger partial charge in [0, 0.05) is 53.0 Å². The van der Waals surface area contributed by atoms with E-state index < -0.39 is 17.7 Å². The number of benzene rings is 1. The maximum atomic E-state index is 15.3. The average molecular weight is 506 g/mol. The van der Waals surface area contributed by atoms with Gasteiger partial charge in [0.25, 0.3) is 5.91 Å². The molecule has 1 N–H and O–H groups in total. The fourth-order valence-electron chi connectivity index (χ4n) is 4.38. The molecule has 5 rings (SSSR count). The number of nitrogens with zero attached hydrogens (tertiary/aromatic N) is 4. The maximum absolute atomic E-state index is 15.3. The molecule has 6 nitrogen and oxygen atoms in total. The van der Waals surface area contributed by atoms with Crippen LogP contribution in [0.5, 0.6) is 0 Å². The van der Waals surface area contributed by atoms with Crippen LogP contribution in [0.25, 0.3) is 22.4 Å². The summed E-state index contributed by atoms with van der Waals surface area (Å²) in [6.45, 7) is 4.64. The quantitative estimate of drug-likeness (QED) is 0.312. The number of hydrogen-bond acceptors (Lipinski definition) is 5. The number of anilines is 1. The Balaban J connectivity index is 1.43. The fourth-order valence-corrected chi connectivity index (χ4v) is 4.56. The predicted molar refractivity (Wildman–Crippen MR) is 135 cm³/mol. The van der Waals surface area contributed by atoms with Crippen LogP contribution in [0.2, 0.25) is 5.15 Å². The minimum atomic E-state index is -0.592. The van der Waals surface area contributed by atoms with Gasteiger partial charge < -0.3 is 10.2 Å². The van der Waals surface area contributed by atoms with Crippen LogP contribution in [-0.4, -0.2) is 32.3 Å². The topological polar surface area (TPSA) is 71.0 Å². The number of pyridine rings is 3. The number of aromatic nitrogens is 3. The number of nitrogens with one attached hydrogen (secondary N) is 1. The lowest BCUT2D eigenvalue weighted by atomic mass is 9.99. The molecule has 1 unspecified atom stereocenters. The highest BCUT2D eigenvalue weighted by molar-refractivity contribution is 6.29. The van der Waals surface area contributed by atoms with Gasteiger partial charge in [0.2, 0.25) is 0 Å². The summed E-state index contributed by atoms with van der Waals surface area (Å²) in [5, 5.41) is 3.47. The van der Waals surface area contributed by atoms with Gasteiger partial charge in [-0.25, -0.2) is 18.7 Å². The van der Waals surface area contributed by atoms with Crippen molar-refractivity contribution in [2.24, 2.45) is 0 Å². The van der Waals surface area contributed by atoms with Crippen molar-refractivity contribution in [1.82, 2.24) is 19.9 Å². The molecular formula is C27H22ClF2N5O. The van der Waals surface area contributed by atoms with Gasteiger partial charge in [-0.15, -0.1) is 0 Å². The molecule has 36 heavy (non-hydrogen) atoms. The highest BCUT2D eigenvalue weighted by atomic mass is 35.5. The second-order valence-electron chi connectivity index (χ2n) is 8.52. The summed E-state index contributed by atoms with van der Waals surface area (Å²) in [5.41, 5.74) is 3.38. The first-order chi connectivity index (χ1) is 17.4. The van der Waals surface area contributed by atoms with Crippen LogP contribution >= 0.6 is 11.6 Å². The van der Waals surface area contributed by atoms with Crippen LogP contribution in [-0.2, 0) is 6.54 Å². The Hall–Kier alpha value is -3.91. The number of hydrogen-bond donors (Lipinski definition) is 1. The molecule has 1 aliphatic rings. The Bertz CT molecular complexity index is 1480. The van der Waals surface area contributed by atoms with Crippen LogP contribution in [0.1, 0.15) is 41.4 Å². The maximum Gasteiger partial charge on any atom is 0.254 e. The number of carbonyl (C=O) groups excluding carboxylic acids is 1. The zero-order valence-electron chi connectivity index (χ0n) is 19.6. The van der Waals surface area contributed by atoms with Crippen LogP contribution in [0, 0.1) is 11.6 Å². The molecule has 0 radical (unpaired) electrons. The standard InChI is InChI=1S/C27H22ClF2N5O/c1-3-35-14-21-18(27(35)36)6-9-33-26(21)34-15(2)19-12-23(30)20(13-22(19)29)16-4-7-31-24(10-16)17-5-8-32-25(28)11-17/h4-13,15H,3,14H2,1-2H3,(H,33,34). The van der Waals surface area contributed by atoms with Gasteiger partial charge in [-0.2, -0.15) is 0 Å². The molecule has 0 aliphatic carbocycles. The first-order valence-corrected chi connectivity index (χ1v) is 11.8. The first kappa shape index (κ1) is 23.8. The number of rotatable bonds is 6. The molecule has 1 amide bonds. The molecule has 182 valence electrons. The Morgan fingerprint density at radius 1 is 0.972 bits per heavy atom. The molecule has 3 aromatic heterocycles. The average Bonchev–Trinajstić information content (AvgIpc) is 3.21. The van der Waals surface area contributed by atoms with Crippen molar-refractivity contribution >= 4 is 23.3 Å². The van der Waals surface area contributed by atoms with Crippen LogP contribution in [0.4, 0.5) is 14.6 Å². The number of fused-ring (bicyclic) bond motifs is 1. The highest BCUT2D eigenvalue weighted by Gasteiger charge is 2.29. The van der Waals surface area contributed by atoms with E-state index in [9.17, 15) is 4.79 Å². The summed E-state index contributed by atoms with van der Waals surface area (Å²) in [6, 6.07) is 10.2. The number of halogens is 3. The van der Waals surface area contributed by atoms with Crippen molar-refractivity contribution < 1.29 is 13.6 Å². The van der Waals surface area contributed by atoms with Crippen LogP contribution in [0.15, 0.2) is 61.1 Å². The van der Waals surface area contributed by atoms with Gasteiger partial charge in [-0.3, -0.25) is 9.78 Å². The van der Waals surface area contributed by atoms with Crippen LogP contribution in [0.3, 0.4) is 0 Å². The lowest BCUT2D eigenvalue weighted by Gasteiger charge is -2.19. The van der Waals surface area contributed by atoms with E-state index in [1.807, 2.05) is 6.92 Å². The Morgan fingerprint density at radius 3 is 2.50 bits per heavy atom. The third-order valence-electron chi connectivity index (χ3n) is 6.30. The van der Waals surface area contributed by atoms with Crippen molar-refractivity contribution in [2.75, 3.05) is 11.9 Å². The van der Waals surface area contributed by atoms with E-state index in [4.69, 9.17) is 11.6 Å². The van der Waals surface area contributed by atoms with Gasteiger partial charge in [-0.1, -0.05) is 11.6 Å². The lowest BCUT2D eigenvalue weighted by Crippen LogP contribution is -2.22. The van der Waals surface area contributed by atoms with Crippen LogP contribution < -0.4 is 5.32 Å². The van der Waals surface area contributed by atoms with Gasteiger partial charge in [-0.05, 0) is 61.9 Å². The molecule has 4 heterocycles. The highest BCUT2D eigenvalue weighted by Crippen LogP contribution is 2.33. The molecular weight excluding hydrogens is 484 g/mol. The van der Waals surface area contributed by atoms with E-state index in [0.29, 0.717) is 40.9 Å². The molecule has 1 aromatic carbocycles. The van der Waals surface area contributed by atoms with Gasteiger partial charge in [0.05, 0.1) is 18.3 Å². The molecule has 4 aromatic rings. The summed E-state index contributed by atoms with van der Waals surface area (Å²) < 4.78 is 30.5. The Kier molecular flexibility index (Phi) is 6.36. The summed E-state index contributed by atoms with van der Waals surface area (Å²) in [7, 11) is 0. The van der Waals surface area contributed by atoms with Gasteiger partial charge in [0.15, 0.2) is 0 Å². The second-order valence-corrected chi connectivity index (χ2v) is 8.91. The molecule has 9 heteroatoms. The van der Waals surface area contributed by atoms with Crippen molar-refractivity contribution in [3.8, 4) is 22.4 Å². The van der Waals surface area contributed by atoms with E-state index in [0.717, 1.165) is 11.1 Å². The smallest absolute Gasteiger partial charge is 0.254 e. The van der Waals surface area contributed by atoms with Crippen molar-refractivity contribution in [2.45, 2.75) is 26.4 Å². The third kappa shape index (κ3) is 4.40. The van der Waals surface area contributed by atoms with E-state index >= 15 is 8.78 Å². The Morgan fingerprint density at radius 2 is 1.72 bits per heavy atom. The SMILES string of the molecule is CCN1Cc2c(ccnc2NC(C)c2cc(F)c(-c3ccnc(-c4ccnc(Cl)c4)c3)cc2F)C1=O. The zero-order chi connectivity index (χ0) is 25.4. The second kappa shape index (κ2) is 9.62. The first-order valence-electron chi connectivity index (χ1n) is 11.5. The number of carbonyl (C=O) groups is 1. The zero-order valence-corrected chi connectivity index (χ0v) is 20.4. The summed E-state index contributed by atoms with van der Waals surface area (Å²) in [4.78, 5) is 26.8. The van der Waals surface area contributed by atoms with E-state index in [-0.39, 0.29) is 17.0 Å². The van der Waals surface area contributed by atoms with Crippen molar-refractivity contribution in [3.63, 3.8) is 0 Å². The van der Waals surface area contributed by atoms with E-state index in [1.165, 1.54) is 18.3 Å². The van der Waals surface area contributed by atoms with Gasteiger partial charge in [0.1, 0.15) is 22.6 Å². The molecule has 0 saturated carbocycles. The van der Waals surface area contributed by atoms with Crippen molar-refractivity contribution in [1.29, 1.82) is 0 Å². The summed E-state index contributed by atoms with van der Waals surface area (Å²) in [5.74, 6) is -0.694. The monoisotopic (exact) mass is 505 g/mol. The van der Waals surface area contributed by atoms with E-state index in [1.54, 1.807) is 54.5 Å². The largest absolute Gasteiger partial charge is 0.363 e. The molecule has 1 aliphatic heterocycles. The minimum absolute atomic E-state index is 0.0575. The molecule has 0 bridgehead atoms. The molecule has 1 atom stereocenters. The summed E-state index contributed by atoms with van der Waals surface area (Å²) >= 11 is 5.98. The predicted octanol–water partition coefficient (Wildman–Crippen LogP) is 6.29. The minimum Gasteiger partial charge on any atom is -0.363 e. The fraction of sp³-hybridized carbons (Fsp3) is 0.185. The third-order valence-corrected chi connectivity index (χ3v) is 6.51. The Labute approximate surface area is 212 Å². The molecule has 0 fully saturated rings. The van der Waals surface area contributed by atoms with Gasteiger partial charge >= 0.3 is 0 Å². The molecule has 0 spiro atoms. The molecule has 0 saturated heterocycles. The lowest BCUT2D eigenvalue weighted by molar-refractivity contribution is 0.0787. The normalized spacial score (nSPS) is 13.6. The van der Waals surface area contributed by atoms with Crippen molar-refractivity contribution in [3.05, 3.63) is 94.5 Å².